The first-order valence-electron chi connectivity index (χ1n) is 7.12. The minimum atomic E-state index is -0.157. The summed E-state index contributed by atoms with van der Waals surface area (Å²) in [6.07, 6.45) is 1.73. The average Bonchev–Trinajstić information content (AvgIpc) is 2.58. The third-order valence-electron chi connectivity index (χ3n) is 3.41. The Morgan fingerprint density at radius 2 is 1.55 bits per heavy atom. The maximum atomic E-state index is 12.2. The molecule has 1 heterocycles. The third kappa shape index (κ3) is 3.20. The van der Waals surface area contributed by atoms with E-state index in [-0.39, 0.29) is 5.91 Å². The monoisotopic (exact) mass is 288 g/mol. The van der Waals surface area contributed by atoms with Gasteiger partial charge in [-0.1, -0.05) is 48.5 Å². The van der Waals surface area contributed by atoms with E-state index in [4.69, 9.17) is 0 Å². The minimum Gasteiger partial charge on any atom is -0.307 e. The summed E-state index contributed by atoms with van der Waals surface area (Å²) in [5.41, 5.74) is 3.90. The fraction of sp³-hybridized carbons (Fsp3) is 0.0526. The van der Waals surface area contributed by atoms with Crippen LogP contribution in [0, 0.1) is 6.92 Å². The molecule has 3 aromatic rings. The molecule has 0 spiro atoms. The number of hydrogen-bond acceptors (Lipinski definition) is 2. The number of rotatable bonds is 3. The summed E-state index contributed by atoms with van der Waals surface area (Å²) in [6.45, 7) is 1.96. The van der Waals surface area contributed by atoms with Crippen LogP contribution in [0.15, 0.2) is 72.9 Å². The quantitative estimate of drug-likeness (QED) is 0.780. The van der Waals surface area contributed by atoms with Crippen molar-refractivity contribution in [3.63, 3.8) is 0 Å². The highest BCUT2D eigenvalue weighted by molar-refractivity contribution is 6.04. The van der Waals surface area contributed by atoms with E-state index in [1.165, 1.54) is 0 Å². The highest BCUT2D eigenvalue weighted by Crippen LogP contribution is 2.19. The van der Waals surface area contributed by atoms with Crippen LogP contribution in [-0.2, 0) is 0 Å². The molecule has 0 aliphatic heterocycles. The van der Waals surface area contributed by atoms with Crippen molar-refractivity contribution in [2.24, 2.45) is 0 Å². The van der Waals surface area contributed by atoms with Gasteiger partial charge in [-0.25, -0.2) is 4.98 Å². The second-order valence-electron chi connectivity index (χ2n) is 5.12. The van der Waals surface area contributed by atoms with Crippen LogP contribution < -0.4 is 5.32 Å². The lowest BCUT2D eigenvalue weighted by Crippen LogP contribution is -2.12. The number of aryl methyl sites for hydroxylation is 1. The first-order chi connectivity index (χ1) is 10.7. The zero-order chi connectivity index (χ0) is 15.4. The van der Waals surface area contributed by atoms with Crippen molar-refractivity contribution in [3.8, 4) is 11.1 Å². The number of benzene rings is 2. The number of nitrogens with one attached hydrogen (secondary N) is 1. The summed E-state index contributed by atoms with van der Waals surface area (Å²) in [5, 5.41) is 2.79. The fourth-order valence-corrected chi connectivity index (χ4v) is 2.17. The smallest absolute Gasteiger partial charge is 0.256 e. The predicted octanol–water partition coefficient (Wildman–Crippen LogP) is 4.31. The molecule has 1 amide bonds. The molecule has 3 heteroatoms. The molecule has 0 radical (unpaired) electrons. The van der Waals surface area contributed by atoms with Crippen LogP contribution >= 0.6 is 0 Å². The second-order valence-corrected chi connectivity index (χ2v) is 5.12. The van der Waals surface area contributed by atoms with Gasteiger partial charge >= 0.3 is 0 Å². The van der Waals surface area contributed by atoms with Crippen molar-refractivity contribution >= 4 is 11.7 Å². The maximum Gasteiger partial charge on any atom is 0.256 e. The van der Waals surface area contributed by atoms with E-state index in [0.717, 1.165) is 16.7 Å². The van der Waals surface area contributed by atoms with Crippen molar-refractivity contribution in [1.82, 2.24) is 4.98 Å². The molecular weight excluding hydrogens is 272 g/mol. The summed E-state index contributed by atoms with van der Waals surface area (Å²) in [7, 11) is 0. The molecule has 0 aliphatic carbocycles. The highest BCUT2D eigenvalue weighted by atomic mass is 16.1. The predicted molar refractivity (Wildman–Crippen MR) is 88.8 cm³/mol. The summed E-state index contributed by atoms with van der Waals surface area (Å²) in [6, 6.07) is 21.3. The van der Waals surface area contributed by atoms with Crippen LogP contribution in [0.5, 0.6) is 0 Å². The Kier molecular flexibility index (Phi) is 3.97. The normalized spacial score (nSPS) is 10.2. The summed E-state index contributed by atoms with van der Waals surface area (Å²) < 4.78 is 0. The number of pyridine rings is 1. The van der Waals surface area contributed by atoms with Gasteiger partial charge in [0.25, 0.3) is 5.91 Å². The molecule has 0 atom stereocenters. The second kappa shape index (κ2) is 6.22. The van der Waals surface area contributed by atoms with E-state index in [1.54, 1.807) is 12.3 Å². The average molecular weight is 288 g/mol. The van der Waals surface area contributed by atoms with Crippen LogP contribution in [0.25, 0.3) is 11.1 Å². The van der Waals surface area contributed by atoms with Gasteiger partial charge in [-0.2, -0.15) is 0 Å². The Morgan fingerprint density at radius 1 is 0.864 bits per heavy atom. The van der Waals surface area contributed by atoms with Gasteiger partial charge in [0.2, 0.25) is 0 Å². The standard InChI is InChI=1S/C19H16N2O/c1-14-7-12-18(20-13-14)21-19(22)17-10-8-16(9-11-17)15-5-3-2-4-6-15/h2-13H,1H3,(H,20,21,22). The van der Waals surface area contributed by atoms with Crippen molar-refractivity contribution < 1.29 is 4.79 Å². The molecule has 0 fully saturated rings. The number of amides is 1. The molecular formula is C19H16N2O. The number of anilines is 1. The lowest BCUT2D eigenvalue weighted by atomic mass is 10.0. The van der Waals surface area contributed by atoms with Crippen molar-refractivity contribution in [2.75, 3.05) is 5.32 Å². The highest BCUT2D eigenvalue weighted by Gasteiger charge is 2.07. The molecule has 2 aromatic carbocycles. The minimum absolute atomic E-state index is 0.157. The third-order valence-corrected chi connectivity index (χ3v) is 3.41. The van der Waals surface area contributed by atoms with Gasteiger partial charge < -0.3 is 5.32 Å². The Bertz CT molecular complexity index is 763. The molecule has 0 unspecified atom stereocenters. The van der Waals surface area contributed by atoms with E-state index in [2.05, 4.69) is 10.3 Å². The van der Waals surface area contributed by atoms with Gasteiger partial charge in [0.05, 0.1) is 0 Å². The molecule has 0 saturated heterocycles. The molecule has 3 nitrogen and oxygen atoms in total. The number of hydrogen-bond donors (Lipinski definition) is 1. The first-order valence-corrected chi connectivity index (χ1v) is 7.12. The van der Waals surface area contributed by atoms with Gasteiger partial charge in [0.15, 0.2) is 0 Å². The van der Waals surface area contributed by atoms with Crippen LogP contribution in [0.3, 0.4) is 0 Å². The topological polar surface area (TPSA) is 42.0 Å². The summed E-state index contributed by atoms with van der Waals surface area (Å²) in [5.74, 6) is 0.402. The number of carbonyl (C=O) groups is 1. The molecule has 108 valence electrons. The summed E-state index contributed by atoms with van der Waals surface area (Å²) >= 11 is 0. The molecule has 1 N–H and O–H groups in total. The van der Waals surface area contributed by atoms with Gasteiger partial charge in [0.1, 0.15) is 5.82 Å². The Labute approximate surface area is 129 Å². The molecule has 0 aliphatic rings. The van der Waals surface area contributed by atoms with Gasteiger partial charge in [-0.15, -0.1) is 0 Å². The molecule has 22 heavy (non-hydrogen) atoms. The van der Waals surface area contributed by atoms with Gasteiger partial charge in [-0.3, -0.25) is 4.79 Å². The maximum absolute atomic E-state index is 12.2. The van der Waals surface area contributed by atoms with Crippen molar-refractivity contribution in [1.29, 1.82) is 0 Å². The van der Waals surface area contributed by atoms with E-state index >= 15 is 0 Å². The Balaban J connectivity index is 1.75. The van der Waals surface area contributed by atoms with Crippen molar-refractivity contribution in [2.45, 2.75) is 6.92 Å². The first kappa shape index (κ1) is 14.0. The summed E-state index contributed by atoms with van der Waals surface area (Å²) in [4.78, 5) is 16.4. The van der Waals surface area contributed by atoms with Gasteiger partial charge in [-0.05, 0) is 41.8 Å². The number of nitrogens with zero attached hydrogens (tertiary/aromatic N) is 1. The van der Waals surface area contributed by atoms with Gasteiger partial charge in [0, 0.05) is 11.8 Å². The number of carbonyl (C=O) groups excluding carboxylic acids is 1. The van der Waals surface area contributed by atoms with Crippen LogP contribution in [-0.4, -0.2) is 10.9 Å². The number of aromatic nitrogens is 1. The largest absolute Gasteiger partial charge is 0.307 e. The lowest BCUT2D eigenvalue weighted by molar-refractivity contribution is 0.102. The molecule has 0 saturated carbocycles. The lowest BCUT2D eigenvalue weighted by Gasteiger charge is -2.06. The zero-order valence-corrected chi connectivity index (χ0v) is 12.3. The van der Waals surface area contributed by atoms with E-state index in [1.807, 2.05) is 67.6 Å². The Morgan fingerprint density at radius 3 is 2.18 bits per heavy atom. The Hall–Kier alpha value is -2.94. The van der Waals surface area contributed by atoms with Crippen LogP contribution in [0.1, 0.15) is 15.9 Å². The van der Waals surface area contributed by atoms with E-state index in [9.17, 15) is 4.79 Å². The van der Waals surface area contributed by atoms with Crippen LogP contribution in [0.2, 0.25) is 0 Å². The van der Waals surface area contributed by atoms with E-state index in [0.29, 0.717) is 11.4 Å². The molecule has 1 aromatic heterocycles. The fourth-order valence-electron chi connectivity index (χ4n) is 2.17. The molecule has 3 rings (SSSR count). The van der Waals surface area contributed by atoms with Crippen LogP contribution in [0.4, 0.5) is 5.82 Å². The SMILES string of the molecule is Cc1ccc(NC(=O)c2ccc(-c3ccccc3)cc2)nc1. The van der Waals surface area contributed by atoms with E-state index < -0.39 is 0 Å². The van der Waals surface area contributed by atoms with Crippen molar-refractivity contribution in [3.05, 3.63) is 84.1 Å². The zero-order valence-electron chi connectivity index (χ0n) is 12.3. The molecule has 0 bridgehead atoms.